The summed E-state index contributed by atoms with van der Waals surface area (Å²) in [5.41, 5.74) is 23.6. The second-order valence-corrected chi connectivity index (χ2v) is 28.7. The number of benzene rings is 6. The van der Waals surface area contributed by atoms with E-state index in [1.54, 1.807) is 11.1 Å². The molecule has 4 heteroatoms. The molecule has 2 aliphatic heterocycles. The van der Waals surface area contributed by atoms with Gasteiger partial charge in [0.05, 0.1) is 5.00 Å². The molecule has 0 unspecified atom stereocenters. The van der Waals surface area contributed by atoms with Crippen LogP contribution in [0.5, 0.6) is 0 Å². The van der Waals surface area contributed by atoms with E-state index < -0.39 is 0 Å². The van der Waals surface area contributed by atoms with Crippen LogP contribution in [-0.4, -0.2) is 6.71 Å². The monoisotopic (exact) mass is 955 g/mol. The quantitative estimate of drug-likeness (QED) is 0.162. The molecule has 7 aromatic rings. The van der Waals surface area contributed by atoms with Crippen molar-refractivity contribution in [3.63, 3.8) is 0 Å². The summed E-state index contributed by atoms with van der Waals surface area (Å²) < 4.78 is 1.42. The lowest BCUT2D eigenvalue weighted by molar-refractivity contribution is 0.305. The van der Waals surface area contributed by atoms with Crippen molar-refractivity contribution < 1.29 is 0 Å². The van der Waals surface area contributed by atoms with Gasteiger partial charge in [0.2, 0.25) is 0 Å². The highest BCUT2D eigenvalue weighted by Crippen LogP contribution is 2.55. The third-order valence-corrected chi connectivity index (χ3v) is 19.4. The summed E-state index contributed by atoms with van der Waals surface area (Å²) in [6, 6.07) is 44.2. The van der Waals surface area contributed by atoms with E-state index in [1.807, 2.05) is 11.3 Å². The van der Waals surface area contributed by atoms with E-state index in [0.717, 1.165) is 6.42 Å². The first-order chi connectivity index (χ1) is 33.1. The second-order valence-electron chi connectivity index (χ2n) is 27.7. The molecule has 0 radical (unpaired) electrons. The van der Waals surface area contributed by atoms with Gasteiger partial charge in [0.15, 0.2) is 0 Å². The summed E-state index contributed by atoms with van der Waals surface area (Å²) in [5.74, 6) is 0. The maximum absolute atomic E-state index is 2.75. The Hall–Kier alpha value is -5.06. The highest BCUT2D eigenvalue weighted by atomic mass is 32.1. The van der Waals surface area contributed by atoms with Crippen molar-refractivity contribution in [1.82, 2.24) is 0 Å². The summed E-state index contributed by atoms with van der Waals surface area (Å²) in [7, 11) is 0. The molecule has 2 nitrogen and oxygen atoms in total. The number of nitrogens with zero attached hydrogens (tertiary/aromatic N) is 2. The first-order valence-corrected chi connectivity index (χ1v) is 27.8. The van der Waals surface area contributed by atoms with Crippen molar-refractivity contribution in [3.8, 4) is 11.1 Å². The first kappa shape index (κ1) is 48.2. The van der Waals surface area contributed by atoms with Crippen LogP contribution in [0.15, 0.2) is 109 Å². The fourth-order valence-corrected chi connectivity index (χ4v) is 14.2. The Morgan fingerprint density at radius 1 is 0.479 bits per heavy atom. The standard InChI is InChI=1S/C67H79BN2S/c1-18-67(17)31-30-66(15,16)51-39-48-57(40-52(51)67)71-60-58(48)68-53-27-24-42(41-22-20-19-21-23-41)32-54(53)69(47-34-43(61(2,3)4)33-44(35-47)62(5,6)7)55-36-45(63(8,9)10)37-56(59(55)68)70(60)46-25-26-49-50(38-46)65(13,14)29-28-64(49,11)12/h19-27,32-40H,18,28-31H2,1-17H3/t67-/m0/s1. The Labute approximate surface area is 432 Å². The Kier molecular flexibility index (Phi) is 10.7. The van der Waals surface area contributed by atoms with Crippen LogP contribution >= 0.6 is 11.3 Å². The van der Waals surface area contributed by atoms with Crippen LogP contribution in [0.4, 0.5) is 33.4 Å². The second kappa shape index (κ2) is 15.7. The van der Waals surface area contributed by atoms with Gasteiger partial charge in [0.25, 0.3) is 6.71 Å². The van der Waals surface area contributed by atoms with E-state index in [9.17, 15) is 0 Å². The lowest BCUT2D eigenvalue weighted by atomic mass is 9.33. The fourth-order valence-electron chi connectivity index (χ4n) is 12.9. The van der Waals surface area contributed by atoms with Gasteiger partial charge in [-0.15, -0.1) is 11.3 Å². The van der Waals surface area contributed by atoms with E-state index in [0.29, 0.717) is 0 Å². The molecule has 4 aliphatic rings. The number of hydrogen-bond donors (Lipinski definition) is 0. The van der Waals surface area contributed by atoms with Crippen LogP contribution < -0.4 is 26.2 Å². The minimum Gasteiger partial charge on any atom is -0.311 e. The summed E-state index contributed by atoms with van der Waals surface area (Å²) >= 11 is 2.04. The lowest BCUT2D eigenvalue weighted by Crippen LogP contribution is -2.61. The molecular formula is C67H79BN2S. The van der Waals surface area contributed by atoms with E-state index in [2.05, 4.69) is 237 Å². The van der Waals surface area contributed by atoms with E-state index >= 15 is 0 Å². The van der Waals surface area contributed by atoms with Crippen LogP contribution in [0, 0.1) is 0 Å². The molecule has 6 aromatic carbocycles. The van der Waals surface area contributed by atoms with Crippen molar-refractivity contribution >= 4 is 78.0 Å². The van der Waals surface area contributed by atoms with Crippen molar-refractivity contribution in [2.75, 3.05) is 9.80 Å². The molecule has 1 atom stereocenters. The molecule has 0 spiro atoms. The smallest absolute Gasteiger partial charge is 0.254 e. The average molecular weight is 955 g/mol. The third-order valence-electron chi connectivity index (χ3n) is 18.3. The van der Waals surface area contributed by atoms with Gasteiger partial charge in [0.1, 0.15) is 0 Å². The molecule has 0 fully saturated rings. The molecule has 0 saturated carbocycles. The summed E-state index contributed by atoms with van der Waals surface area (Å²) in [4.78, 5) is 5.45. The first-order valence-electron chi connectivity index (χ1n) is 27.0. The summed E-state index contributed by atoms with van der Waals surface area (Å²) in [5, 5.41) is 2.80. The number of thiophene rings is 1. The number of rotatable bonds is 4. The van der Waals surface area contributed by atoms with Gasteiger partial charge in [-0.25, -0.2) is 0 Å². The van der Waals surface area contributed by atoms with Crippen LogP contribution in [0.25, 0.3) is 21.2 Å². The fraction of sp³-hybridized carbons (Fsp3) is 0.433. The Morgan fingerprint density at radius 3 is 1.65 bits per heavy atom. The van der Waals surface area contributed by atoms with Gasteiger partial charge in [-0.2, -0.15) is 0 Å². The van der Waals surface area contributed by atoms with Crippen molar-refractivity contribution in [2.45, 2.75) is 188 Å². The van der Waals surface area contributed by atoms with Gasteiger partial charge in [0, 0.05) is 33.1 Å². The van der Waals surface area contributed by atoms with Gasteiger partial charge in [-0.1, -0.05) is 172 Å². The molecule has 3 heterocycles. The molecule has 0 saturated heterocycles. The Bertz CT molecular complexity index is 3270. The van der Waals surface area contributed by atoms with Crippen LogP contribution in [0.3, 0.4) is 0 Å². The number of hydrogen-bond acceptors (Lipinski definition) is 3. The summed E-state index contributed by atoms with van der Waals surface area (Å²) in [6.07, 6.45) is 5.95. The summed E-state index contributed by atoms with van der Waals surface area (Å²) in [6.45, 7) is 41.3. The highest BCUT2D eigenvalue weighted by molar-refractivity contribution is 7.26. The van der Waals surface area contributed by atoms with Crippen LogP contribution in [-0.2, 0) is 37.9 Å². The molecule has 71 heavy (non-hydrogen) atoms. The predicted molar refractivity (Wildman–Crippen MR) is 313 cm³/mol. The Balaban J connectivity index is 1.31. The molecule has 2 aliphatic carbocycles. The SMILES string of the molecule is CC[C@@]1(C)CCC(C)(C)c2cc3c4c(sc3cc21)N(c1ccc2c(c1)C(C)(C)CCC2(C)C)c1cc(C(C)(C)C)cc2c1B4c1ccc(-c3ccccc3)cc1N2c1cc(C(C)(C)C)cc(C(C)(C)C)c1. The molecule has 0 bridgehead atoms. The zero-order valence-corrected chi connectivity index (χ0v) is 47.1. The zero-order chi connectivity index (χ0) is 50.7. The molecule has 0 amide bonds. The molecule has 11 rings (SSSR count). The molecule has 366 valence electrons. The largest absolute Gasteiger partial charge is 0.311 e. The van der Waals surface area contributed by atoms with Crippen molar-refractivity contribution in [2.24, 2.45) is 0 Å². The van der Waals surface area contributed by atoms with Gasteiger partial charge < -0.3 is 9.80 Å². The highest BCUT2D eigenvalue weighted by Gasteiger charge is 2.48. The lowest BCUT2D eigenvalue weighted by Gasteiger charge is -2.46. The molecule has 1 aromatic heterocycles. The molecule has 0 N–H and O–H groups in total. The number of anilines is 6. The maximum atomic E-state index is 2.75. The molecular weight excluding hydrogens is 876 g/mol. The van der Waals surface area contributed by atoms with Gasteiger partial charge >= 0.3 is 0 Å². The zero-order valence-electron chi connectivity index (χ0n) is 46.3. The maximum Gasteiger partial charge on any atom is 0.254 e. The third kappa shape index (κ3) is 7.60. The van der Waals surface area contributed by atoms with E-state index in [-0.39, 0.29) is 44.6 Å². The normalized spacial score (nSPS) is 19.8. The minimum atomic E-state index is -0.119. The van der Waals surface area contributed by atoms with Crippen LogP contribution in [0.1, 0.15) is 189 Å². The van der Waals surface area contributed by atoms with Crippen molar-refractivity contribution in [3.05, 3.63) is 148 Å². The average Bonchev–Trinajstić information content (AvgIpc) is 3.68. The number of fused-ring (bicyclic) bond motifs is 8. The Morgan fingerprint density at radius 2 is 1.04 bits per heavy atom. The van der Waals surface area contributed by atoms with Crippen molar-refractivity contribution in [1.29, 1.82) is 0 Å². The van der Waals surface area contributed by atoms with Gasteiger partial charge in [-0.3, -0.25) is 0 Å². The van der Waals surface area contributed by atoms with Gasteiger partial charge in [-0.05, 0) is 196 Å². The topological polar surface area (TPSA) is 6.48 Å². The van der Waals surface area contributed by atoms with Crippen LogP contribution in [0.2, 0.25) is 0 Å². The van der Waals surface area contributed by atoms with E-state index in [1.165, 1.54) is 125 Å². The predicted octanol–water partition coefficient (Wildman–Crippen LogP) is 17.6. The minimum absolute atomic E-state index is 0.0216. The van der Waals surface area contributed by atoms with E-state index in [4.69, 9.17) is 0 Å².